The van der Waals surface area contributed by atoms with Gasteiger partial charge in [-0.2, -0.15) is 0 Å². The molecule has 0 bridgehead atoms. The maximum absolute atomic E-state index is 4.71. The lowest BCUT2D eigenvalue weighted by Gasteiger charge is -2.31. The molecule has 0 amide bonds. The Hall–Kier alpha value is -1.13. The molecule has 2 unspecified atom stereocenters. The lowest BCUT2D eigenvalue weighted by molar-refractivity contribution is 0.371. The third-order valence-electron chi connectivity index (χ3n) is 4.21. The van der Waals surface area contributed by atoms with Crippen molar-refractivity contribution in [2.75, 3.05) is 38.6 Å². The van der Waals surface area contributed by atoms with Crippen molar-refractivity contribution < 1.29 is 0 Å². The van der Waals surface area contributed by atoms with Crippen LogP contribution in [0.25, 0.3) is 0 Å². The fourth-order valence-corrected chi connectivity index (χ4v) is 3.18. The molecule has 4 heteroatoms. The number of hydrogen-bond donors (Lipinski definition) is 1. The van der Waals surface area contributed by atoms with E-state index in [0.29, 0.717) is 12.1 Å². The highest BCUT2D eigenvalue weighted by Crippen LogP contribution is 2.30. The molecular formula is C17H30N4. The summed E-state index contributed by atoms with van der Waals surface area (Å²) in [5, 5.41) is 3.59. The molecule has 2 atom stereocenters. The van der Waals surface area contributed by atoms with Crippen LogP contribution < -0.4 is 10.2 Å². The number of aromatic nitrogens is 1. The van der Waals surface area contributed by atoms with Crippen LogP contribution in [0.15, 0.2) is 18.3 Å². The van der Waals surface area contributed by atoms with E-state index in [1.54, 1.807) is 0 Å². The van der Waals surface area contributed by atoms with Crippen LogP contribution in [-0.4, -0.2) is 49.7 Å². The fourth-order valence-electron chi connectivity index (χ4n) is 3.18. The second kappa shape index (κ2) is 7.76. The van der Waals surface area contributed by atoms with E-state index in [4.69, 9.17) is 4.98 Å². The lowest BCUT2D eigenvalue weighted by atomic mass is 10.1. The highest BCUT2D eigenvalue weighted by molar-refractivity contribution is 5.50. The van der Waals surface area contributed by atoms with E-state index >= 15 is 0 Å². The third kappa shape index (κ3) is 4.17. The maximum Gasteiger partial charge on any atom is 0.133 e. The summed E-state index contributed by atoms with van der Waals surface area (Å²) >= 11 is 0. The largest absolute Gasteiger partial charge is 0.352 e. The number of nitrogens with zero attached hydrogens (tertiary/aromatic N) is 3. The summed E-state index contributed by atoms with van der Waals surface area (Å²) in [6, 6.07) is 5.22. The Labute approximate surface area is 129 Å². The Morgan fingerprint density at radius 1 is 1.48 bits per heavy atom. The van der Waals surface area contributed by atoms with Crippen LogP contribution in [0, 0.1) is 0 Å². The molecule has 1 N–H and O–H groups in total. The first-order chi connectivity index (χ1) is 10.1. The van der Waals surface area contributed by atoms with E-state index in [-0.39, 0.29) is 0 Å². The second-order valence-corrected chi connectivity index (χ2v) is 6.34. The van der Waals surface area contributed by atoms with E-state index in [9.17, 15) is 0 Å². The summed E-state index contributed by atoms with van der Waals surface area (Å²) in [7, 11) is 4.31. The van der Waals surface area contributed by atoms with E-state index in [0.717, 1.165) is 26.1 Å². The van der Waals surface area contributed by atoms with E-state index in [1.807, 2.05) is 6.20 Å². The predicted molar refractivity (Wildman–Crippen MR) is 89.9 cm³/mol. The van der Waals surface area contributed by atoms with Gasteiger partial charge in [0.15, 0.2) is 0 Å². The summed E-state index contributed by atoms with van der Waals surface area (Å²) < 4.78 is 0. The molecule has 4 nitrogen and oxygen atoms in total. The number of pyridine rings is 1. The van der Waals surface area contributed by atoms with Crippen LogP contribution >= 0.6 is 0 Å². The number of anilines is 1. The Balaban J connectivity index is 2.18. The molecule has 2 heterocycles. The molecule has 2 rings (SSSR count). The maximum atomic E-state index is 4.71. The molecule has 0 aliphatic carbocycles. The molecular weight excluding hydrogens is 260 g/mol. The minimum absolute atomic E-state index is 0.356. The van der Waals surface area contributed by atoms with Gasteiger partial charge in [-0.3, -0.25) is 0 Å². The highest BCUT2D eigenvalue weighted by atomic mass is 15.3. The van der Waals surface area contributed by atoms with Gasteiger partial charge in [-0.15, -0.1) is 0 Å². The smallest absolute Gasteiger partial charge is 0.133 e. The number of likely N-dealkylation sites (N-methyl/N-ethyl adjacent to an activating group) is 1. The van der Waals surface area contributed by atoms with Gasteiger partial charge in [-0.05, 0) is 52.9 Å². The van der Waals surface area contributed by atoms with Crippen LogP contribution in [0.4, 0.5) is 5.82 Å². The first-order valence-electron chi connectivity index (χ1n) is 8.23. The van der Waals surface area contributed by atoms with Crippen LogP contribution in [-0.2, 0) is 0 Å². The van der Waals surface area contributed by atoms with E-state index in [1.165, 1.54) is 24.2 Å². The van der Waals surface area contributed by atoms with Crippen molar-refractivity contribution >= 4 is 5.82 Å². The molecule has 0 aromatic carbocycles. The zero-order valence-corrected chi connectivity index (χ0v) is 14.0. The highest BCUT2D eigenvalue weighted by Gasteiger charge is 2.28. The van der Waals surface area contributed by atoms with Gasteiger partial charge >= 0.3 is 0 Å². The summed E-state index contributed by atoms with van der Waals surface area (Å²) in [6.07, 6.45) is 5.62. The van der Waals surface area contributed by atoms with Crippen molar-refractivity contribution in [2.45, 2.75) is 45.2 Å². The van der Waals surface area contributed by atoms with Crippen molar-refractivity contribution in [1.29, 1.82) is 0 Å². The minimum atomic E-state index is 0.356. The zero-order valence-electron chi connectivity index (χ0n) is 14.0. The molecule has 1 aromatic rings. The monoisotopic (exact) mass is 290 g/mol. The van der Waals surface area contributed by atoms with Gasteiger partial charge in [0.1, 0.15) is 5.82 Å². The first-order valence-corrected chi connectivity index (χ1v) is 8.23. The van der Waals surface area contributed by atoms with Crippen molar-refractivity contribution in [3.05, 3.63) is 23.9 Å². The van der Waals surface area contributed by atoms with Gasteiger partial charge in [0, 0.05) is 36.9 Å². The van der Waals surface area contributed by atoms with E-state index < -0.39 is 0 Å². The number of nitrogens with one attached hydrogen (secondary N) is 1. The molecule has 0 radical (unpaired) electrons. The normalized spacial score (nSPS) is 20.2. The zero-order chi connectivity index (χ0) is 15.2. The summed E-state index contributed by atoms with van der Waals surface area (Å²) in [5.74, 6) is 1.18. The predicted octanol–water partition coefficient (Wildman–Crippen LogP) is 2.67. The van der Waals surface area contributed by atoms with Gasteiger partial charge in [-0.1, -0.05) is 13.0 Å². The molecule has 1 aliphatic rings. The van der Waals surface area contributed by atoms with Crippen molar-refractivity contribution in [3.8, 4) is 0 Å². The van der Waals surface area contributed by atoms with Crippen molar-refractivity contribution in [1.82, 2.24) is 15.2 Å². The van der Waals surface area contributed by atoms with Gasteiger partial charge in [-0.25, -0.2) is 4.98 Å². The molecule has 0 spiro atoms. The Morgan fingerprint density at radius 2 is 2.29 bits per heavy atom. The average molecular weight is 290 g/mol. The van der Waals surface area contributed by atoms with Crippen LogP contribution in [0.1, 0.15) is 44.7 Å². The second-order valence-electron chi connectivity index (χ2n) is 6.34. The van der Waals surface area contributed by atoms with Crippen LogP contribution in [0.2, 0.25) is 0 Å². The molecule has 0 saturated carbocycles. The fraction of sp³-hybridized carbons (Fsp3) is 0.706. The lowest BCUT2D eigenvalue weighted by Crippen LogP contribution is -2.39. The Morgan fingerprint density at radius 3 is 3.00 bits per heavy atom. The van der Waals surface area contributed by atoms with Crippen molar-refractivity contribution in [3.63, 3.8) is 0 Å². The van der Waals surface area contributed by atoms with Crippen LogP contribution in [0.3, 0.4) is 0 Å². The molecule has 1 aromatic heterocycles. The van der Waals surface area contributed by atoms with E-state index in [2.05, 4.69) is 55.2 Å². The van der Waals surface area contributed by atoms with Gasteiger partial charge < -0.3 is 15.1 Å². The summed E-state index contributed by atoms with van der Waals surface area (Å²) in [4.78, 5) is 9.51. The van der Waals surface area contributed by atoms with Crippen molar-refractivity contribution in [2.24, 2.45) is 0 Å². The van der Waals surface area contributed by atoms with Gasteiger partial charge in [0.2, 0.25) is 0 Å². The van der Waals surface area contributed by atoms with Crippen LogP contribution in [0.5, 0.6) is 0 Å². The minimum Gasteiger partial charge on any atom is -0.352 e. The third-order valence-corrected chi connectivity index (χ3v) is 4.21. The summed E-state index contributed by atoms with van der Waals surface area (Å²) in [6.45, 7) is 7.73. The Bertz CT molecular complexity index is 433. The average Bonchev–Trinajstić information content (AvgIpc) is 2.92. The molecule has 1 aliphatic heterocycles. The molecule has 1 fully saturated rings. The number of rotatable bonds is 7. The molecule has 118 valence electrons. The summed E-state index contributed by atoms with van der Waals surface area (Å²) in [5.41, 5.74) is 1.33. The molecule has 1 saturated heterocycles. The first kappa shape index (κ1) is 16.2. The molecule has 21 heavy (non-hydrogen) atoms. The quantitative estimate of drug-likeness (QED) is 0.836. The number of hydrogen-bond acceptors (Lipinski definition) is 4. The van der Waals surface area contributed by atoms with Gasteiger partial charge in [0.05, 0.1) is 0 Å². The Kier molecular flexibility index (Phi) is 6.00. The van der Waals surface area contributed by atoms with Gasteiger partial charge in [0.25, 0.3) is 0 Å². The topological polar surface area (TPSA) is 31.4 Å². The standard InChI is InChI=1S/C17H30N4/c1-5-10-18-14(2)16-9-6-11-19-17(16)21-12-7-8-15(21)13-20(3)4/h6,9,11,14-15,18H,5,7-8,10,12-13H2,1-4H3. The SMILES string of the molecule is CCCNC(C)c1cccnc1N1CCCC1CN(C)C.